The molecule has 0 radical (unpaired) electrons. The van der Waals surface area contributed by atoms with Gasteiger partial charge >= 0.3 is 0 Å². The molecule has 1 aromatic heterocycles. The number of amides is 2. The van der Waals surface area contributed by atoms with Crippen LogP contribution in [0.25, 0.3) is 0 Å². The molecule has 34 heavy (non-hydrogen) atoms. The second-order valence-electron chi connectivity index (χ2n) is 7.39. The standard InChI is InChI=1S/C23H25Cl2N5O3S/c1-4-30-19(11-26-20(31)12-33-22-14(2)6-5-7-15(22)3)28-29-23(30)34-13-21(32)27-18-10-16(24)8-9-17(18)25/h5-10H,4,11-13H2,1-3H3,(H,26,31)(H,27,32). The van der Waals surface area contributed by atoms with Gasteiger partial charge in [-0.15, -0.1) is 10.2 Å². The fourth-order valence-electron chi connectivity index (χ4n) is 3.18. The van der Waals surface area contributed by atoms with E-state index >= 15 is 0 Å². The fourth-order valence-corrected chi connectivity index (χ4v) is 4.34. The maximum absolute atomic E-state index is 12.3. The Hall–Kier alpha value is -2.75. The fraction of sp³-hybridized carbons (Fsp3) is 0.304. The van der Waals surface area contributed by atoms with Crippen LogP contribution in [0.3, 0.4) is 0 Å². The van der Waals surface area contributed by atoms with E-state index in [1.165, 1.54) is 11.8 Å². The Bertz CT molecular complexity index is 1170. The highest BCUT2D eigenvalue weighted by atomic mass is 35.5. The maximum Gasteiger partial charge on any atom is 0.258 e. The molecule has 2 N–H and O–H groups in total. The Labute approximate surface area is 212 Å². The van der Waals surface area contributed by atoms with Gasteiger partial charge in [0.1, 0.15) is 5.75 Å². The second-order valence-corrected chi connectivity index (χ2v) is 9.18. The summed E-state index contributed by atoms with van der Waals surface area (Å²) < 4.78 is 7.53. The highest BCUT2D eigenvalue weighted by Crippen LogP contribution is 2.26. The van der Waals surface area contributed by atoms with Crippen LogP contribution in [0.4, 0.5) is 5.69 Å². The number of rotatable bonds is 10. The van der Waals surface area contributed by atoms with E-state index < -0.39 is 0 Å². The van der Waals surface area contributed by atoms with E-state index in [1.807, 2.05) is 43.5 Å². The SMILES string of the molecule is CCn1c(CNC(=O)COc2c(C)cccc2C)nnc1SCC(=O)Nc1cc(Cl)ccc1Cl. The number of benzene rings is 2. The summed E-state index contributed by atoms with van der Waals surface area (Å²) in [7, 11) is 0. The zero-order chi connectivity index (χ0) is 24.7. The maximum atomic E-state index is 12.3. The molecule has 3 rings (SSSR count). The Morgan fingerprint density at radius 3 is 2.53 bits per heavy atom. The minimum atomic E-state index is -0.264. The van der Waals surface area contributed by atoms with Crippen molar-refractivity contribution in [1.29, 1.82) is 0 Å². The summed E-state index contributed by atoms with van der Waals surface area (Å²) >= 11 is 13.3. The highest BCUT2D eigenvalue weighted by Gasteiger charge is 2.15. The van der Waals surface area contributed by atoms with Crippen LogP contribution in [0.1, 0.15) is 23.9 Å². The van der Waals surface area contributed by atoms with Gasteiger partial charge in [0, 0.05) is 11.6 Å². The molecule has 1 heterocycles. The first kappa shape index (κ1) is 25.9. The first-order chi connectivity index (χ1) is 16.3. The molecule has 0 saturated heterocycles. The van der Waals surface area contributed by atoms with Crippen LogP contribution in [0.15, 0.2) is 41.6 Å². The minimum Gasteiger partial charge on any atom is -0.483 e. The first-order valence-corrected chi connectivity index (χ1v) is 12.3. The van der Waals surface area contributed by atoms with Gasteiger partial charge in [0.15, 0.2) is 17.6 Å². The van der Waals surface area contributed by atoms with Gasteiger partial charge in [0.25, 0.3) is 5.91 Å². The number of hydrogen-bond acceptors (Lipinski definition) is 6. The van der Waals surface area contributed by atoms with Crippen LogP contribution < -0.4 is 15.4 Å². The third kappa shape index (κ3) is 6.88. The van der Waals surface area contributed by atoms with Gasteiger partial charge in [-0.2, -0.15) is 0 Å². The monoisotopic (exact) mass is 521 g/mol. The Balaban J connectivity index is 1.52. The van der Waals surface area contributed by atoms with Gasteiger partial charge in [0.05, 0.1) is 23.0 Å². The van der Waals surface area contributed by atoms with E-state index in [9.17, 15) is 9.59 Å². The lowest BCUT2D eigenvalue weighted by Crippen LogP contribution is -2.29. The van der Waals surface area contributed by atoms with Crippen molar-refractivity contribution < 1.29 is 14.3 Å². The lowest BCUT2D eigenvalue weighted by atomic mass is 10.1. The van der Waals surface area contributed by atoms with Crippen LogP contribution in [-0.2, 0) is 22.7 Å². The molecule has 0 atom stereocenters. The topological polar surface area (TPSA) is 98.1 Å². The van der Waals surface area contributed by atoms with Gasteiger partial charge in [0.2, 0.25) is 5.91 Å². The van der Waals surface area contributed by atoms with Crippen molar-refractivity contribution in [2.75, 3.05) is 17.7 Å². The molecule has 11 heteroatoms. The molecule has 180 valence electrons. The molecule has 8 nitrogen and oxygen atoms in total. The van der Waals surface area contributed by atoms with Crippen LogP contribution in [0.5, 0.6) is 5.75 Å². The van der Waals surface area contributed by atoms with Gasteiger partial charge in [-0.3, -0.25) is 9.59 Å². The number of aromatic nitrogens is 3. The summed E-state index contributed by atoms with van der Waals surface area (Å²) in [5, 5.41) is 15.3. The zero-order valence-corrected chi connectivity index (χ0v) is 21.4. The molecule has 0 unspecified atom stereocenters. The number of nitrogens with one attached hydrogen (secondary N) is 2. The molecule has 0 fully saturated rings. The van der Waals surface area contributed by atoms with Gasteiger partial charge < -0.3 is 19.9 Å². The highest BCUT2D eigenvalue weighted by molar-refractivity contribution is 7.99. The number of carbonyl (C=O) groups excluding carboxylic acids is 2. The van der Waals surface area contributed by atoms with Crippen LogP contribution in [0.2, 0.25) is 10.0 Å². The predicted octanol–water partition coefficient (Wildman–Crippen LogP) is 4.65. The minimum absolute atomic E-state index is 0.0974. The molecule has 0 aliphatic carbocycles. The normalized spacial score (nSPS) is 10.7. The Morgan fingerprint density at radius 2 is 1.82 bits per heavy atom. The molecular weight excluding hydrogens is 497 g/mol. The molecule has 3 aromatic rings. The quantitative estimate of drug-likeness (QED) is 0.377. The number of aryl methyl sites for hydroxylation is 2. The van der Waals surface area contributed by atoms with Crippen molar-refractivity contribution in [2.45, 2.75) is 39.0 Å². The largest absolute Gasteiger partial charge is 0.483 e. The summed E-state index contributed by atoms with van der Waals surface area (Å²) in [6.07, 6.45) is 0. The third-order valence-corrected chi connectivity index (χ3v) is 6.38. The van der Waals surface area contributed by atoms with E-state index in [2.05, 4.69) is 20.8 Å². The average Bonchev–Trinajstić information content (AvgIpc) is 3.20. The number of para-hydroxylation sites is 1. The van der Waals surface area contributed by atoms with Crippen molar-refractivity contribution in [3.8, 4) is 5.75 Å². The van der Waals surface area contributed by atoms with Crippen LogP contribution in [-0.4, -0.2) is 38.9 Å². The van der Waals surface area contributed by atoms with Gasteiger partial charge in [-0.05, 0) is 50.1 Å². The lowest BCUT2D eigenvalue weighted by Gasteiger charge is -2.12. The third-order valence-electron chi connectivity index (χ3n) is 4.84. The van der Waals surface area contributed by atoms with E-state index in [1.54, 1.807) is 18.2 Å². The summed E-state index contributed by atoms with van der Waals surface area (Å²) in [6.45, 7) is 6.50. The lowest BCUT2D eigenvalue weighted by molar-refractivity contribution is -0.123. The van der Waals surface area contributed by atoms with E-state index in [0.717, 1.165) is 11.1 Å². The summed E-state index contributed by atoms with van der Waals surface area (Å²) in [4.78, 5) is 24.6. The van der Waals surface area contributed by atoms with Crippen LogP contribution >= 0.6 is 35.0 Å². The van der Waals surface area contributed by atoms with Gasteiger partial charge in [-0.25, -0.2) is 0 Å². The van der Waals surface area contributed by atoms with Crippen molar-refractivity contribution >= 4 is 52.5 Å². The molecule has 2 amide bonds. The first-order valence-electron chi connectivity index (χ1n) is 10.5. The molecule has 0 saturated carbocycles. The van der Waals surface area contributed by atoms with Crippen molar-refractivity contribution in [3.63, 3.8) is 0 Å². The van der Waals surface area contributed by atoms with Crippen LogP contribution in [0, 0.1) is 13.8 Å². The zero-order valence-electron chi connectivity index (χ0n) is 19.0. The van der Waals surface area contributed by atoms with E-state index in [0.29, 0.717) is 39.0 Å². The summed E-state index contributed by atoms with van der Waals surface area (Å²) in [5.41, 5.74) is 2.40. The molecular formula is C23H25Cl2N5O3S. The Morgan fingerprint density at radius 1 is 1.09 bits per heavy atom. The van der Waals surface area contributed by atoms with E-state index in [-0.39, 0.29) is 30.7 Å². The van der Waals surface area contributed by atoms with Gasteiger partial charge in [-0.1, -0.05) is 53.2 Å². The van der Waals surface area contributed by atoms with Crippen molar-refractivity contribution in [1.82, 2.24) is 20.1 Å². The van der Waals surface area contributed by atoms with E-state index in [4.69, 9.17) is 27.9 Å². The number of carbonyl (C=O) groups is 2. The number of hydrogen-bond donors (Lipinski definition) is 2. The Kier molecular flexibility index (Phi) is 9.20. The molecule has 2 aromatic carbocycles. The number of halogens is 2. The summed E-state index contributed by atoms with van der Waals surface area (Å²) in [5.74, 6) is 0.893. The summed E-state index contributed by atoms with van der Waals surface area (Å²) in [6, 6.07) is 10.7. The molecule has 0 aliphatic rings. The predicted molar refractivity (Wildman–Crippen MR) is 135 cm³/mol. The van der Waals surface area contributed by atoms with Crippen molar-refractivity contribution in [3.05, 3.63) is 63.4 Å². The second kappa shape index (κ2) is 12.1. The molecule has 0 spiro atoms. The molecule has 0 aliphatic heterocycles. The number of nitrogens with zero attached hydrogens (tertiary/aromatic N) is 3. The molecule has 0 bridgehead atoms. The van der Waals surface area contributed by atoms with Crippen molar-refractivity contribution in [2.24, 2.45) is 0 Å². The number of ether oxygens (including phenoxy) is 1. The number of thioether (sulfide) groups is 1. The number of anilines is 1. The smallest absolute Gasteiger partial charge is 0.258 e. The average molecular weight is 522 g/mol.